The Labute approximate surface area is 216 Å². The number of urea groups is 1. The number of benzene rings is 1. The molecule has 3 fully saturated rings. The first kappa shape index (κ1) is 26.6. The molecule has 0 aromatic heterocycles. The van der Waals surface area contributed by atoms with Gasteiger partial charge in [-0.15, -0.1) is 0 Å². The molecule has 200 valence electrons. The second kappa shape index (κ2) is 13.7. The standard InChI is InChI=1S/C28H45N5O3/c1-36-26-10-8-25(9-11-26)32-20-18-31(19-21-32)15-5-14-29-27(34)22-23-12-16-33(17-13-23)28(35)30-24-6-3-2-4-7-24/h8-11,23-24H,2-7,12-22H2,1H3,(H,29,34)(H,30,35). The molecule has 2 heterocycles. The highest BCUT2D eigenvalue weighted by molar-refractivity contribution is 5.76. The van der Waals surface area contributed by atoms with E-state index in [-0.39, 0.29) is 11.9 Å². The molecule has 1 aromatic carbocycles. The molecule has 0 bridgehead atoms. The van der Waals surface area contributed by atoms with E-state index in [2.05, 4.69) is 32.6 Å². The lowest BCUT2D eigenvalue weighted by Gasteiger charge is -2.36. The van der Waals surface area contributed by atoms with Gasteiger partial charge < -0.3 is 25.2 Å². The summed E-state index contributed by atoms with van der Waals surface area (Å²) in [5, 5.41) is 6.34. The topological polar surface area (TPSA) is 77.2 Å². The molecule has 2 saturated heterocycles. The van der Waals surface area contributed by atoms with Crippen LogP contribution in [0.1, 0.15) is 57.8 Å². The molecule has 1 saturated carbocycles. The van der Waals surface area contributed by atoms with E-state index in [0.29, 0.717) is 18.4 Å². The molecule has 8 heteroatoms. The average molecular weight is 500 g/mol. The monoisotopic (exact) mass is 499 g/mol. The van der Waals surface area contributed by atoms with Gasteiger partial charge in [-0.1, -0.05) is 19.3 Å². The number of likely N-dealkylation sites (tertiary alicyclic amines) is 1. The zero-order chi connectivity index (χ0) is 25.2. The van der Waals surface area contributed by atoms with Gasteiger partial charge in [0.15, 0.2) is 0 Å². The molecule has 1 aliphatic carbocycles. The number of hydrogen-bond donors (Lipinski definition) is 2. The number of methoxy groups -OCH3 is 1. The van der Waals surface area contributed by atoms with Crippen molar-refractivity contribution < 1.29 is 14.3 Å². The summed E-state index contributed by atoms with van der Waals surface area (Å²) in [6.45, 7) is 7.43. The fourth-order valence-electron chi connectivity index (χ4n) is 5.74. The highest BCUT2D eigenvalue weighted by atomic mass is 16.5. The maximum atomic E-state index is 12.5. The Morgan fingerprint density at radius 3 is 2.28 bits per heavy atom. The Balaban J connectivity index is 1.04. The third-order valence-corrected chi connectivity index (χ3v) is 8.09. The summed E-state index contributed by atoms with van der Waals surface area (Å²) in [6.07, 6.45) is 9.38. The molecule has 0 radical (unpaired) electrons. The highest BCUT2D eigenvalue weighted by Gasteiger charge is 2.26. The van der Waals surface area contributed by atoms with Crippen molar-refractivity contribution >= 4 is 17.6 Å². The number of rotatable bonds is 9. The van der Waals surface area contributed by atoms with E-state index >= 15 is 0 Å². The number of carbonyl (C=O) groups excluding carboxylic acids is 2. The van der Waals surface area contributed by atoms with Crippen LogP contribution in [-0.4, -0.2) is 87.2 Å². The van der Waals surface area contributed by atoms with Gasteiger partial charge in [-0.3, -0.25) is 9.69 Å². The van der Waals surface area contributed by atoms with E-state index in [1.807, 2.05) is 17.0 Å². The summed E-state index contributed by atoms with van der Waals surface area (Å²) in [7, 11) is 1.69. The Bertz CT molecular complexity index is 811. The molecule has 0 unspecified atom stereocenters. The predicted octanol–water partition coefficient (Wildman–Crippen LogP) is 3.47. The molecule has 3 amide bonds. The van der Waals surface area contributed by atoms with Crippen LogP contribution in [-0.2, 0) is 4.79 Å². The summed E-state index contributed by atoms with van der Waals surface area (Å²) in [5.74, 6) is 1.43. The molecule has 2 aliphatic heterocycles. The van der Waals surface area contributed by atoms with E-state index in [1.165, 1.54) is 24.9 Å². The number of carbonyl (C=O) groups is 2. The third-order valence-electron chi connectivity index (χ3n) is 8.09. The lowest BCUT2D eigenvalue weighted by molar-refractivity contribution is -0.122. The SMILES string of the molecule is COc1ccc(N2CCN(CCCNC(=O)CC3CCN(C(=O)NC4CCCCC4)CC3)CC2)cc1. The van der Waals surface area contributed by atoms with Crippen molar-refractivity contribution in [1.82, 2.24) is 20.4 Å². The number of hydrogen-bond acceptors (Lipinski definition) is 5. The van der Waals surface area contributed by atoms with Gasteiger partial charge in [0, 0.05) is 64.0 Å². The number of anilines is 1. The van der Waals surface area contributed by atoms with Gasteiger partial charge in [-0.25, -0.2) is 4.79 Å². The summed E-state index contributed by atoms with van der Waals surface area (Å²) >= 11 is 0. The van der Waals surface area contributed by atoms with Crippen LogP contribution in [0.15, 0.2) is 24.3 Å². The van der Waals surface area contributed by atoms with Crippen LogP contribution >= 0.6 is 0 Å². The highest BCUT2D eigenvalue weighted by Crippen LogP contribution is 2.23. The number of amides is 3. The molecular formula is C28H45N5O3. The molecule has 8 nitrogen and oxygen atoms in total. The molecule has 36 heavy (non-hydrogen) atoms. The van der Waals surface area contributed by atoms with Gasteiger partial charge in [0.05, 0.1) is 7.11 Å². The molecule has 1 aromatic rings. The number of nitrogens with one attached hydrogen (secondary N) is 2. The molecule has 2 N–H and O–H groups in total. The quantitative estimate of drug-likeness (QED) is 0.509. The first-order chi connectivity index (χ1) is 17.6. The van der Waals surface area contributed by atoms with Crippen LogP contribution in [0.3, 0.4) is 0 Å². The van der Waals surface area contributed by atoms with Gasteiger partial charge in [0.1, 0.15) is 5.75 Å². The molecule has 3 aliphatic rings. The number of piperazine rings is 1. The van der Waals surface area contributed by atoms with E-state index in [4.69, 9.17) is 4.74 Å². The Hall–Kier alpha value is -2.48. The van der Waals surface area contributed by atoms with Crippen molar-refractivity contribution in [3.63, 3.8) is 0 Å². The van der Waals surface area contributed by atoms with E-state index in [1.54, 1.807) is 7.11 Å². The van der Waals surface area contributed by atoms with Crippen molar-refractivity contribution in [3.8, 4) is 5.75 Å². The van der Waals surface area contributed by atoms with Gasteiger partial charge >= 0.3 is 6.03 Å². The molecular weight excluding hydrogens is 454 g/mol. The number of nitrogens with zero attached hydrogens (tertiary/aromatic N) is 3. The van der Waals surface area contributed by atoms with E-state index < -0.39 is 0 Å². The first-order valence-corrected chi connectivity index (χ1v) is 14.0. The summed E-state index contributed by atoms with van der Waals surface area (Å²) in [4.78, 5) is 31.8. The van der Waals surface area contributed by atoms with Crippen LogP contribution in [0, 0.1) is 5.92 Å². The Morgan fingerprint density at radius 2 is 1.61 bits per heavy atom. The van der Waals surface area contributed by atoms with Crippen LogP contribution in [0.2, 0.25) is 0 Å². The minimum Gasteiger partial charge on any atom is -0.497 e. The molecule has 0 atom stereocenters. The number of ether oxygens (including phenoxy) is 1. The molecule has 0 spiro atoms. The maximum absolute atomic E-state index is 12.5. The van der Waals surface area contributed by atoms with Crippen molar-refractivity contribution in [2.75, 3.05) is 64.4 Å². The smallest absolute Gasteiger partial charge is 0.317 e. The third kappa shape index (κ3) is 8.02. The zero-order valence-corrected chi connectivity index (χ0v) is 22.1. The largest absolute Gasteiger partial charge is 0.497 e. The fourth-order valence-corrected chi connectivity index (χ4v) is 5.74. The lowest BCUT2D eigenvalue weighted by atomic mass is 9.93. The Kier molecular flexibility index (Phi) is 10.1. The van der Waals surface area contributed by atoms with Crippen LogP contribution < -0.4 is 20.3 Å². The summed E-state index contributed by atoms with van der Waals surface area (Å²) in [6, 6.07) is 8.73. The zero-order valence-electron chi connectivity index (χ0n) is 22.1. The maximum Gasteiger partial charge on any atom is 0.317 e. The van der Waals surface area contributed by atoms with Gasteiger partial charge in [0.25, 0.3) is 0 Å². The predicted molar refractivity (Wildman–Crippen MR) is 144 cm³/mol. The van der Waals surface area contributed by atoms with Crippen LogP contribution in [0.5, 0.6) is 5.75 Å². The minimum atomic E-state index is 0.0923. The van der Waals surface area contributed by atoms with Crippen LogP contribution in [0.25, 0.3) is 0 Å². The minimum absolute atomic E-state index is 0.0923. The van der Waals surface area contributed by atoms with Gasteiger partial charge in [-0.05, 0) is 68.8 Å². The average Bonchev–Trinajstić information content (AvgIpc) is 2.92. The van der Waals surface area contributed by atoms with Crippen molar-refractivity contribution in [1.29, 1.82) is 0 Å². The molecule has 4 rings (SSSR count). The van der Waals surface area contributed by atoms with Crippen molar-refractivity contribution in [3.05, 3.63) is 24.3 Å². The Morgan fingerprint density at radius 1 is 0.917 bits per heavy atom. The second-order valence-corrected chi connectivity index (χ2v) is 10.6. The van der Waals surface area contributed by atoms with Crippen LogP contribution in [0.4, 0.5) is 10.5 Å². The number of piperidine rings is 1. The fraction of sp³-hybridized carbons (Fsp3) is 0.714. The van der Waals surface area contributed by atoms with Crippen molar-refractivity contribution in [2.24, 2.45) is 5.92 Å². The first-order valence-electron chi connectivity index (χ1n) is 14.0. The van der Waals surface area contributed by atoms with Gasteiger partial charge in [-0.2, -0.15) is 0 Å². The van der Waals surface area contributed by atoms with Gasteiger partial charge in [0.2, 0.25) is 5.91 Å². The van der Waals surface area contributed by atoms with Crippen molar-refractivity contribution in [2.45, 2.75) is 63.8 Å². The summed E-state index contributed by atoms with van der Waals surface area (Å²) < 4.78 is 5.25. The normalized spacial score (nSPS) is 20.2. The second-order valence-electron chi connectivity index (χ2n) is 10.6. The summed E-state index contributed by atoms with van der Waals surface area (Å²) in [5.41, 5.74) is 1.25. The lowest BCUT2D eigenvalue weighted by Crippen LogP contribution is -2.48. The van der Waals surface area contributed by atoms with E-state index in [9.17, 15) is 9.59 Å². The van der Waals surface area contributed by atoms with E-state index in [0.717, 1.165) is 90.2 Å².